The number of amides is 1. The third kappa shape index (κ3) is 4.85. The molecule has 0 aromatic heterocycles. The second-order valence-corrected chi connectivity index (χ2v) is 4.32. The summed E-state index contributed by atoms with van der Waals surface area (Å²) < 4.78 is 5.07. The van der Waals surface area contributed by atoms with E-state index in [1.807, 2.05) is 12.1 Å². The molecule has 1 aromatic carbocycles. The van der Waals surface area contributed by atoms with Crippen LogP contribution in [0.4, 0.5) is 0 Å². The summed E-state index contributed by atoms with van der Waals surface area (Å²) in [5, 5.41) is 2.88. The zero-order valence-corrected chi connectivity index (χ0v) is 11.1. The molecule has 1 unspecified atom stereocenters. The lowest BCUT2D eigenvalue weighted by molar-refractivity contribution is -0.123. The SMILES string of the molecule is COC(CN)CC(=O)NCCc1ccccc1C. The molecule has 18 heavy (non-hydrogen) atoms. The van der Waals surface area contributed by atoms with Crippen molar-refractivity contribution in [3.8, 4) is 0 Å². The number of nitrogens with one attached hydrogen (secondary N) is 1. The summed E-state index contributed by atoms with van der Waals surface area (Å²) in [7, 11) is 1.57. The van der Waals surface area contributed by atoms with Crippen molar-refractivity contribution in [2.24, 2.45) is 5.73 Å². The lowest BCUT2D eigenvalue weighted by Crippen LogP contribution is -2.33. The van der Waals surface area contributed by atoms with Gasteiger partial charge in [0.05, 0.1) is 12.5 Å². The number of hydrogen-bond acceptors (Lipinski definition) is 3. The van der Waals surface area contributed by atoms with Gasteiger partial charge in [-0.1, -0.05) is 24.3 Å². The standard InChI is InChI=1S/C14H22N2O2/c1-11-5-3-4-6-12(11)7-8-16-14(17)9-13(10-15)18-2/h3-6,13H,7-10,15H2,1-2H3,(H,16,17). The fourth-order valence-corrected chi connectivity index (χ4v) is 1.77. The minimum absolute atomic E-state index is 0.0131. The summed E-state index contributed by atoms with van der Waals surface area (Å²) in [6, 6.07) is 8.19. The first kappa shape index (κ1) is 14.7. The summed E-state index contributed by atoms with van der Waals surface area (Å²) in [5.41, 5.74) is 7.98. The van der Waals surface area contributed by atoms with E-state index < -0.39 is 0 Å². The van der Waals surface area contributed by atoms with Crippen molar-refractivity contribution in [2.45, 2.75) is 25.9 Å². The third-order valence-electron chi connectivity index (χ3n) is 2.99. The van der Waals surface area contributed by atoms with Crippen LogP contribution in [-0.2, 0) is 16.0 Å². The van der Waals surface area contributed by atoms with Gasteiger partial charge in [0.2, 0.25) is 5.91 Å². The van der Waals surface area contributed by atoms with E-state index in [0.717, 1.165) is 6.42 Å². The van der Waals surface area contributed by atoms with E-state index in [1.54, 1.807) is 7.11 Å². The summed E-state index contributed by atoms with van der Waals surface area (Å²) in [4.78, 5) is 11.6. The van der Waals surface area contributed by atoms with E-state index in [-0.39, 0.29) is 12.0 Å². The summed E-state index contributed by atoms with van der Waals surface area (Å²) in [5.74, 6) is -0.0131. The Morgan fingerprint density at radius 1 is 1.44 bits per heavy atom. The molecule has 0 saturated heterocycles. The van der Waals surface area contributed by atoms with Gasteiger partial charge in [-0.05, 0) is 24.5 Å². The van der Waals surface area contributed by atoms with Gasteiger partial charge in [-0.2, -0.15) is 0 Å². The molecule has 0 bridgehead atoms. The maximum Gasteiger partial charge on any atom is 0.222 e. The Balaban J connectivity index is 2.29. The molecule has 100 valence electrons. The van der Waals surface area contributed by atoms with Gasteiger partial charge in [-0.15, -0.1) is 0 Å². The van der Waals surface area contributed by atoms with Crippen LogP contribution < -0.4 is 11.1 Å². The number of rotatable bonds is 7. The van der Waals surface area contributed by atoms with Crippen molar-refractivity contribution in [3.63, 3.8) is 0 Å². The van der Waals surface area contributed by atoms with E-state index in [1.165, 1.54) is 11.1 Å². The molecule has 1 amide bonds. The molecule has 0 fully saturated rings. The van der Waals surface area contributed by atoms with Crippen LogP contribution in [0.1, 0.15) is 17.5 Å². The molecule has 1 rings (SSSR count). The summed E-state index contributed by atoms with van der Waals surface area (Å²) in [6.45, 7) is 3.08. The number of ether oxygens (including phenoxy) is 1. The highest BCUT2D eigenvalue weighted by molar-refractivity contribution is 5.76. The summed E-state index contributed by atoms with van der Waals surface area (Å²) in [6.07, 6.45) is 0.975. The van der Waals surface area contributed by atoms with Crippen molar-refractivity contribution >= 4 is 5.91 Å². The first-order valence-electron chi connectivity index (χ1n) is 6.21. The maximum absolute atomic E-state index is 11.6. The number of carbonyl (C=O) groups excluding carboxylic acids is 1. The van der Waals surface area contributed by atoms with Crippen LogP contribution in [0.5, 0.6) is 0 Å². The molecule has 0 aliphatic rings. The zero-order valence-electron chi connectivity index (χ0n) is 11.1. The monoisotopic (exact) mass is 250 g/mol. The van der Waals surface area contributed by atoms with Gasteiger partial charge in [0.1, 0.15) is 0 Å². The van der Waals surface area contributed by atoms with Gasteiger partial charge < -0.3 is 15.8 Å². The molecule has 0 radical (unpaired) electrons. The minimum atomic E-state index is -0.191. The van der Waals surface area contributed by atoms with Crippen LogP contribution >= 0.6 is 0 Å². The molecule has 3 N–H and O–H groups in total. The van der Waals surface area contributed by atoms with Crippen LogP contribution in [0.2, 0.25) is 0 Å². The largest absolute Gasteiger partial charge is 0.380 e. The quantitative estimate of drug-likeness (QED) is 0.759. The zero-order chi connectivity index (χ0) is 13.4. The van der Waals surface area contributed by atoms with Crippen LogP contribution in [0, 0.1) is 6.92 Å². The molecule has 0 aliphatic heterocycles. The highest BCUT2D eigenvalue weighted by atomic mass is 16.5. The predicted octanol–water partition coefficient (Wildman–Crippen LogP) is 1.02. The molecule has 4 nitrogen and oxygen atoms in total. The van der Waals surface area contributed by atoms with Gasteiger partial charge in [-0.3, -0.25) is 4.79 Å². The lowest BCUT2D eigenvalue weighted by Gasteiger charge is -2.12. The van der Waals surface area contributed by atoms with E-state index in [4.69, 9.17) is 10.5 Å². The molecule has 0 spiro atoms. The highest BCUT2D eigenvalue weighted by Gasteiger charge is 2.10. The Hall–Kier alpha value is -1.39. The molecule has 0 aliphatic carbocycles. The second-order valence-electron chi connectivity index (χ2n) is 4.32. The van der Waals surface area contributed by atoms with Crippen molar-refractivity contribution < 1.29 is 9.53 Å². The van der Waals surface area contributed by atoms with Crippen molar-refractivity contribution in [3.05, 3.63) is 35.4 Å². The van der Waals surface area contributed by atoms with Crippen LogP contribution in [0.3, 0.4) is 0 Å². The first-order chi connectivity index (χ1) is 8.67. The Morgan fingerprint density at radius 3 is 2.78 bits per heavy atom. The van der Waals surface area contributed by atoms with Gasteiger partial charge in [0.15, 0.2) is 0 Å². The molecule has 1 atom stereocenters. The predicted molar refractivity (Wildman–Crippen MR) is 72.4 cm³/mol. The highest BCUT2D eigenvalue weighted by Crippen LogP contribution is 2.06. The molecular formula is C14H22N2O2. The van der Waals surface area contributed by atoms with E-state index in [2.05, 4.69) is 24.4 Å². The molecular weight excluding hydrogens is 228 g/mol. The molecule has 1 aromatic rings. The fraction of sp³-hybridized carbons (Fsp3) is 0.500. The first-order valence-corrected chi connectivity index (χ1v) is 6.21. The lowest BCUT2D eigenvalue weighted by atomic mass is 10.1. The van der Waals surface area contributed by atoms with Gasteiger partial charge >= 0.3 is 0 Å². The van der Waals surface area contributed by atoms with E-state index in [9.17, 15) is 4.79 Å². The van der Waals surface area contributed by atoms with Gasteiger partial charge in [0.25, 0.3) is 0 Å². The van der Waals surface area contributed by atoms with E-state index >= 15 is 0 Å². The smallest absolute Gasteiger partial charge is 0.222 e. The summed E-state index contributed by atoms with van der Waals surface area (Å²) >= 11 is 0. The average Bonchev–Trinajstić information content (AvgIpc) is 2.38. The number of hydrogen-bond donors (Lipinski definition) is 2. The molecule has 0 saturated carbocycles. The van der Waals surface area contributed by atoms with Gasteiger partial charge in [-0.25, -0.2) is 0 Å². The Kier molecular flexibility index (Phi) is 6.39. The average molecular weight is 250 g/mol. The van der Waals surface area contributed by atoms with Crippen LogP contribution in [0.15, 0.2) is 24.3 Å². The number of methoxy groups -OCH3 is 1. The number of carbonyl (C=O) groups is 1. The van der Waals surface area contributed by atoms with Crippen molar-refractivity contribution in [1.82, 2.24) is 5.32 Å². The Bertz CT molecular complexity index is 376. The second kappa shape index (κ2) is 7.84. The third-order valence-corrected chi connectivity index (χ3v) is 2.99. The van der Waals surface area contributed by atoms with Crippen LogP contribution in [0.25, 0.3) is 0 Å². The normalized spacial score (nSPS) is 12.2. The van der Waals surface area contributed by atoms with Crippen LogP contribution in [-0.4, -0.2) is 32.2 Å². The number of benzene rings is 1. The Morgan fingerprint density at radius 2 is 2.17 bits per heavy atom. The minimum Gasteiger partial charge on any atom is -0.380 e. The maximum atomic E-state index is 11.6. The van der Waals surface area contributed by atoms with Crippen molar-refractivity contribution in [1.29, 1.82) is 0 Å². The number of nitrogens with two attached hydrogens (primary N) is 1. The van der Waals surface area contributed by atoms with E-state index in [0.29, 0.717) is 19.5 Å². The fourth-order valence-electron chi connectivity index (χ4n) is 1.77. The van der Waals surface area contributed by atoms with Crippen molar-refractivity contribution in [2.75, 3.05) is 20.2 Å². The number of aryl methyl sites for hydroxylation is 1. The molecule has 0 heterocycles. The Labute approximate surface area is 109 Å². The topological polar surface area (TPSA) is 64.3 Å². The molecule has 4 heteroatoms. The van der Waals surface area contributed by atoms with Gasteiger partial charge in [0, 0.05) is 20.2 Å².